The van der Waals surface area contributed by atoms with E-state index in [-0.39, 0.29) is 0 Å². The van der Waals surface area contributed by atoms with Gasteiger partial charge in [0.05, 0.1) is 17.8 Å². The first-order valence-electron chi connectivity index (χ1n) is 4.12. The molecule has 2 atom stereocenters. The second-order valence-corrected chi connectivity index (χ2v) is 3.78. The van der Waals surface area contributed by atoms with E-state index < -0.39 is 24.0 Å². The van der Waals surface area contributed by atoms with Crippen molar-refractivity contribution in [3.05, 3.63) is 16.6 Å². The minimum atomic E-state index is -1.31. The summed E-state index contributed by atoms with van der Waals surface area (Å²) in [7, 11) is 0. The summed E-state index contributed by atoms with van der Waals surface area (Å²) in [4.78, 5) is 26.1. The number of thiazole rings is 1. The van der Waals surface area contributed by atoms with E-state index in [2.05, 4.69) is 10.3 Å². The van der Waals surface area contributed by atoms with Crippen molar-refractivity contribution in [1.29, 1.82) is 0 Å². The third-order valence-corrected chi connectivity index (χ3v) is 2.46. The van der Waals surface area contributed by atoms with Gasteiger partial charge in [0.2, 0.25) is 0 Å². The van der Waals surface area contributed by atoms with Crippen LogP contribution in [0, 0.1) is 0 Å². The molecule has 82 valence electrons. The summed E-state index contributed by atoms with van der Waals surface area (Å²) in [5.74, 6) is -1.83. The average molecular weight is 230 g/mol. The van der Waals surface area contributed by atoms with Crippen LogP contribution in [0.5, 0.6) is 0 Å². The monoisotopic (exact) mass is 230 g/mol. The van der Waals surface area contributed by atoms with Crippen LogP contribution in [-0.2, 0) is 4.79 Å². The van der Waals surface area contributed by atoms with Crippen molar-refractivity contribution in [3.8, 4) is 0 Å². The maximum atomic E-state index is 11.4. The number of carboxylic acids is 1. The number of carboxylic acid groups (broad SMARTS) is 1. The Balaban J connectivity index is 2.67. The quantitative estimate of drug-likeness (QED) is 0.660. The van der Waals surface area contributed by atoms with Gasteiger partial charge in [-0.25, -0.2) is 4.79 Å². The lowest BCUT2D eigenvalue weighted by atomic mass is 10.2. The van der Waals surface area contributed by atoms with Crippen LogP contribution < -0.4 is 5.32 Å². The van der Waals surface area contributed by atoms with E-state index in [1.807, 2.05) is 0 Å². The number of aliphatic hydroxyl groups excluding tert-OH is 1. The van der Waals surface area contributed by atoms with Crippen molar-refractivity contribution in [2.45, 2.75) is 19.1 Å². The normalized spacial score (nSPS) is 14.3. The first-order valence-corrected chi connectivity index (χ1v) is 5.00. The predicted molar refractivity (Wildman–Crippen MR) is 52.7 cm³/mol. The fraction of sp³-hybridized carbons (Fsp3) is 0.375. The number of nitrogens with one attached hydrogen (secondary N) is 1. The van der Waals surface area contributed by atoms with Gasteiger partial charge < -0.3 is 15.5 Å². The van der Waals surface area contributed by atoms with Gasteiger partial charge in [-0.3, -0.25) is 9.78 Å². The van der Waals surface area contributed by atoms with Gasteiger partial charge in [0.1, 0.15) is 4.88 Å². The molecule has 0 fully saturated rings. The van der Waals surface area contributed by atoms with E-state index in [1.54, 1.807) is 0 Å². The van der Waals surface area contributed by atoms with Gasteiger partial charge in [0, 0.05) is 0 Å². The van der Waals surface area contributed by atoms with Crippen molar-refractivity contribution in [1.82, 2.24) is 10.3 Å². The number of carbonyl (C=O) groups is 2. The fourth-order valence-corrected chi connectivity index (χ4v) is 1.45. The SMILES string of the molecule is C[C@@H](O)[C@H](NC(=O)c1cncs1)C(=O)O. The Kier molecular flexibility index (Phi) is 3.75. The molecule has 6 nitrogen and oxygen atoms in total. The Labute approximate surface area is 89.6 Å². The Morgan fingerprint density at radius 3 is 2.67 bits per heavy atom. The molecule has 7 heteroatoms. The van der Waals surface area contributed by atoms with Gasteiger partial charge in [0.15, 0.2) is 6.04 Å². The minimum Gasteiger partial charge on any atom is -0.480 e. The second-order valence-electron chi connectivity index (χ2n) is 2.90. The zero-order valence-electron chi connectivity index (χ0n) is 7.88. The van der Waals surface area contributed by atoms with E-state index in [9.17, 15) is 9.59 Å². The first kappa shape index (κ1) is 11.6. The molecule has 0 aliphatic heterocycles. The van der Waals surface area contributed by atoms with Crippen LogP contribution in [0.3, 0.4) is 0 Å². The molecule has 0 saturated heterocycles. The average Bonchev–Trinajstić information content (AvgIpc) is 2.65. The largest absolute Gasteiger partial charge is 0.480 e. The lowest BCUT2D eigenvalue weighted by Gasteiger charge is -2.16. The molecule has 0 radical (unpaired) electrons. The molecule has 3 N–H and O–H groups in total. The predicted octanol–water partition coefficient (Wildman–Crippen LogP) is -0.293. The van der Waals surface area contributed by atoms with Crippen LogP contribution in [-0.4, -0.2) is 39.2 Å². The fourth-order valence-electron chi connectivity index (χ4n) is 0.929. The van der Waals surface area contributed by atoms with Crippen LogP contribution in [0.1, 0.15) is 16.6 Å². The standard InChI is InChI=1S/C8H10N2O4S/c1-4(11)6(8(13)14)10-7(12)5-2-9-3-15-5/h2-4,6,11H,1H3,(H,10,12)(H,13,14)/t4-,6+/m1/s1. The van der Waals surface area contributed by atoms with Crippen LogP contribution >= 0.6 is 11.3 Å². The third kappa shape index (κ3) is 3.00. The van der Waals surface area contributed by atoms with Crippen LogP contribution in [0.15, 0.2) is 11.7 Å². The van der Waals surface area contributed by atoms with E-state index in [1.165, 1.54) is 18.6 Å². The number of hydrogen-bond acceptors (Lipinski definition) is 5. The van der Waals surface area contributed by atoms with Crippen LogP contribution in [0.4, 0.5) is 0 Å². The molecule has 0 aliphatic carbocycles. The molecule has 1 heterocycles. The zero-order chi connectivity index (χ0) is 11.4. The summed E-state index contributed by atoms with van der Waals surface area (Å²) in [5, 5.41) is 20.0. The van der Waals surface area contributed by atoms with Crippen molar-refractivity contribution in [3.63, 3.8) is 0 Å². The lowest BCUT2D eigenvalue weighted by molar-refractivity contribution is -0.141. The Hall–Kier alpha value is -1.47. The van der Waals surface area contributed by atoms with Crippen molar-refractivity contribution >= 4 is 23.2 Å². The lowest BCUT2D eigenvalue weighted by Crippen LogP contribution is -2.47. The van der Waals surface area contributed by atoms with E-state index in [0.29, 0.717) is 4.88 Å². The summed E-state index contributed by atoms with van der Waals surface area (Å²) >= 11 is 1.10. The Morgan fingerprint density at radius 1 is 1.60 bits per heavy atom. The molecule has 15 heavy (non-hydrogen) atoms. The number of amides is 1. The smallest absolute Gasteiger partial charge is 0.328 e. The van der Waals surface area contributed by atoms with Crippen molar-refractivity contribution in [2.75, 3.05) is 0 Å². The highest BCUT2D eigenvalue weighted by molar-refractivity contribution is 7.11. The van der Waals surface area contributed by atoms with E-state index >= 15 is 0 Å². The summed E-state index contributed by atoms with van der Waals surface area (Å²) in [5.41, 5.74) is 1.47. The summed E-state index contributed by atoms with van der Waals surface area (Å²) in [6.07, 6.45) is 0.181. The first-order chi connectivity index (χ1) is 7.02. The molecule has 1 aromatic heterocycles. The molecule has 0 spiro atoms. The summed E-state index contributed by atoms with van der Waals surface area (Å²) in [6, 6.07) is -1.31. The molecule has 1 aromatic rings. The highest BCUT2D eigenvalue weighted by atomic mass is 32.1. The van der Waals surface area contributed by atoms with Gasteiger partial charge in [-0.15, -0.1) is 11.3 Å². The maximum Gasteiger partial charge on any atom is 0.328 e. The maximum absolute atomic E-state index is 11.4. The number of aromatic nitrogens is 1. The molecule has 1 rings (SSSR count). The number of aliphatic carboxylic acids is 1. The van der Waals surface area contributed by atoms with Gasteiger partial charge in [0.25, 0.3) is 5.91 Å². The molecular weight excluding hydrogens is 220 g/mol. The molecule has 0 aromatic carbocycles. The van der Waals surface area contributed by atoms with Gasteiger partial charge >= 0.3 is 5.97 Å². The molecule has 0 bridgehead atoms. The van der Waals surface area contributed by atoms with Crippen LogP contribution in [0.25, 0.3) is 0 Å². The molecular formula is C8H10N2O4S. The van der Waals surface area contributed by atoms with Gasteiger partial charge in [-0.2, -0.15) is 0 Å². The number of hydrogen-bond donors (Lipinski definition) is 3. The number of nitrogens with zero attached hydrogens (tertiary/aromatic N) is 1. The van der Waals surface area contributed by atoms with E-state index in [0.717, 1.165) is 11.3 Å². The number of carbonyl (C=O) groups excluding carboxylic acids is 1. The van der Waals surface area contributed by atoms with E-state index in [4.69, 9.17) is 10.2 Å². The highest BCUT2D eigenvalue weighted by Gasteiger charge is 2.25. The van der Waals surface area contributed by atoms with Crippen LogP contribution in [0.2, 0.25) is 0 Å². The van der Waals surface area contributed by atoms with Crippen molar-refractivity contribution in [2.24, 2.45) is 0 Å². The summed E-state index contributed by atoms with van der Waals surface area (Å²) in [6.45, 7) is 1.30. The third-order valence-electron chi connectivity index (χ3n) is 1.69. The number of aliphatic hydroxyl groups is 1. The Morgan fingerprint density at radius 2 is 2.27 bits per heavy atom. The second kappa shape index (κ2) is 4.85. The van der Waals surface area contributed by atoms with Gasteiger partial charge in [-0.1, -0.05) is 0 Å². The highest BCUT2D eigenvalue weighted by Crippen LogP contribution is 2.06. The Bertz CT molecular complexity index is 350. The number of rotatable bonds is 4. The zero-order valence-corrected chi connectivity index (χ0v) is 8.69. The van der Waals surface area contributed by atoms with Gasteiger partial charge in [-0.05, 0) is 6.92 Å². The molecule has 0 unspecified atom stereocenters. The summed E-state index contributed by atoms with van der Waals surface area (Å²) < 4.78 is 0. The molecule has 1 amide bonds. The molecule has 0 aliphatic rings. The molecule has 0 saturated carbocycles. The topological polar surface area (TPSA) is 99.5 Å². The van der Waals surface area contributed by atoms with Crippen molar-refractivity contribution < 1.29 is 19.8 Å². The minimum absolute atomic E-state index is 0.307.